The molecule has 0 saturated carbocycles. The zero-order valence-corrected chi connectivity index (χ0v) is 16.9. The monoisotopic (exact) mass is 435 g/mol. The molecule has 166 valence electrons. The molecule has 2 saturated heterocycles. The Morgan fingerprint density at radius 3 is 2.39 bits per heavy atom. The van der Waals surface area contributed by atoms with Crippen LogP contribution >= 0.6 is 0 Å². The van der Waals surface area contributed by atoms with E-state index in [1.165, 1.54) is 12.1 Å². The van der Waals surface area contributed by atoms with Crippen molar-refractivity contribution < 1.29 is 32.2 Å². The first-order chi connectivity index (χ1) is 14.9. The van der Waals surface area contributed by atoms with Gasteiger partial charge in [-0.2, -0.15) is 13.2 Å². The third-order valence-electron chi connectivity index (χ3n) is 5.64. The van der Waals surface area contributed by atoms with Crippen molar-refractivity contribution in [3.63, 3.8) is 0 Å². The normalized spacial score (nSPS) is 18.4. The zero-order chi connectivity index (χ0) is 21.8. The molecular weight excluding hydrogens is 411 g/mol. The highest BCUT2D eigenvalue weighted by molar-refractivity contribution is 5.90. The van der Waals surface area contributed by atoms with Gasteiger partial charge >= 0.3 is 12.1 Å². The first-order valence-electron chi connectivity index (χ1n) is 10.3. The smallest absolute Gasteiger partial charge is 0.419 e. The molecule has 0 amide bonds. The minimum absolute atomic E-state index is 0.0100. The number of alkyl halides is 3. The molecule has 2 aliphatic heterocycles. The molecule has 8 heteroatoms. The molecule has 0 N–H and O–H groups in total. The van der Waals surface area contributed by atoms with Gasteiger partial charge in [-0.1, -0.05) is 30.3 Å². The summed E-state index contributed by atoms with van der Waals surface area (Å²) in [6.07, 6.45) is -3.65. The summed E-state index contributed by atoms with van der Waals surface area (Å²) in [6, 6.07) is 12.7. The second-order valence-corrected chi connectivity index (χ2v) is 7.81. The van der Waals surface area contributed by atoms with Crippen LogP contribution in [0.4, 0.5) is 13.2 Å². The average molecular weight is 435 g/mol. The van der Waals surface area contributed by atoms with Gasteiger partial charge in [-0.05, 0) is 36.6 Å². The van der Waals surface area contributed by atoms with E-state index in [0.29, 0.717) is 32.1 Å². The Labute approximate surface area is 178 Å². The van der Waals surface area contributed by atoms with E-state index in [2.05, 4.69) is 4.90 Å². The molecule has 0 bridgehead atoms. The van der Waals surface area contributed by atoms with Crippen LogP contribution in [0.1, 0.15) is 34.3 Å². The van der Waals surface area contributed by atoms with E-state index in [-0.39, 0.29) is 24.0 Å². The van der Waals surface area contributed by atoms with Gasteiger partial charge in [-0.25, -0.2) is 4.79 Å². The Morgan fingerprint density at radius 1 is 1.06 bits per heavy atom. The van der Waals surface area contributed by atoms with E-state index >= 15 is 0 Å². The second-order valence-electron chi connectivity index (χ2n) is 7.81. The van der Waals surface area contributed by atoms with Gasteiger partial charge in [0.15, 0.2) is 0 Å². The van der Waals surface area contributed by atoms with Crippen molar-refractivity contribution in [2.45, 2.75) is 37.8 Å². The standard InChI is InChI=1S/C23H24F3NO4/c24-23(25,26)20-12-17(22(28)30-13-16-4-2-1-3-5-16)6-7-21(20)31-19-8-10-27(11-9-19)18-14-29-15-18/h1-7,12,18-19H,8-11,13-15H2. The summed E-state index contributed by atoms with van der Waals surface area (Å²) < 4.78 is 57.1. The zero-order valence-electron chi connectivity index (χ0n) is 16.9. The molecular formula is C23H24F3NO4. The number of hydrogen-bond donors (Lipinski definition) is 0. The number of ether oxygens (including phenoxy) is 3. The molecule has 2 aromatic carbocycles. The highest BCUT2D eigenvalue weighted by Crippen LogP contribution is 2.38. The summed E-state index contributed by atoms with van der Waals surface area (Å²) in [6.45, 7) is 2.95. The number of benzene rings is 2. The van der Waals surface area contributed by atoms with Gasteiger partial charge in [0.2, 0.25) is 0 Å². The number of hydrogen-bond acceptors (Lipinski definition) is 5. The van der Waals surface area contributed by atoms with Gasteiger partial charge in [0, 0.05) is 13.1 Å². The van der Waals surface area contributed by atoms with Crippen LogP contribution in [0.3, 0.4) is 0 Å². The molecule has 0 spiro atoms. The Bertz CT molecular complexity index is 891. The minimum atomic E-state index is -4.64. The maximum absolute atomic E-state index is 13.7. The van der Waals surface area contributed by atoms with E-state index in [1.807, 2.05) is 6.07 Å². The summed E-state index contributed by atoms with van der Waals surface area (Å²) in [7, 11) is 0. The van der Waals surface area contributed by atoms with Gasteiger partial charge in [0.05, 0.1) is 30.4 Å². The number of esters is 1. The van der Waals surface area contributed by atoms with E-state index in [4.69, 9.17) is 14.2 Å². The van der Waals surface area contributed by atoms with Crippen LogP contribution in [0.25, 0.3) is 0 Å². The molecule has 2 heterocycles. The van der Waals surface area contributed by atoms with Crippen LogP contribution in [-0.4, -0.2) is 49.3 Å². The topological polar surface area (TPSA) is 48.0 Å². The first kappa shape index (κ1) is 21.6. The molecule has 4 rings (SSSR count). The van der Waals surface area contributed by atoms with E-state index in [0.717, 1.165) is 24.7 Å². The van der Waals surface area contributed by atoms with Crippen LogP contribution in [0.15, 0.2) is 48.5 Å². The Balaban J connectivity index is 1.41. The number of carbonyl (C=O) groups excluding carboxylic acids is 1. The number of carbonyl (C=O) groups is 1. The quantitative estimate of drug-likeness (QED) is 0.633. The molecule has 0 aromatic heterocycles. The van der Waals surface area contributed by atoms with Crippen molar-refractivity contribution in [2.75, 3.05) is 26.3 Å². The van der Waals surface area contributed by atoms with Crippen molar-refractivity contribution in [1.82, 2.24) is 4.90 Å². The van der Waals surface area contributed by atoms with E-state index in [1.54, 1.807) is 24.3 Å². The molecule has 2 fully saturated rings. The summed E-state index contributed by atoms with van der Waals surface area (Å²) in [4.78, 5) is 14.6. The van der Waals surface area contributed by atoms with Crippen molar-refractivity contribution in [3.05, 3.63) is 65.2 Å². The van der Waals surface area contributed by atoms with Gasteiger partial charge in [-0.15, -0.1) is 0 Å². The Morgan fingerprint density at radius 2 is 1.77 bits per heavy atom. The Kier molecular flexibility index (Phi) is 6.48. The maximum Gasteiger partial charge on any atom is 0.419 e. The summed E-state index contributed by atoms with van der Waals surface area (Å²) in [5.74, 6) is -1.06. The largest absolute Gasteiger partial charge is 0.490 e. The van der Waals surface area contributed by atoms with Gasteiger partial charge in [-0.3, -0.25) is 4.90 Å². The Hall–Kier alpha value is -2.58. The van der Waals surface area contributed by atoms with Crippen LogP contribution in [0, 0.1) is 0 Å². The van der Waals surface area contributed by atoms with E-state index in [9.17, 15) is 18.0 Å². The highest BCUT2D eigenvalue weighted by Gasteiger charge is 2.37. The van der Waals surface area contributed by atoms with Crippen LogP contribution in [0.2, 0.25) is 0 Å². The lowest BCUT2D eigenvalue weighted by Crippen LogP contribution is -2.52. The predicted octanol–water partition coefficient (Wildman–Crippen LogP) is 4.30. The fourth-order valence-electron chi connectivity index (χ4n) is 3.76. The fraction of sp³-hybridized carbons (Fsp3) is 0.435. The van der Waals surface area contributed by atoms with Crippen LogP contribution in [0.5, 0.6) is 5.75 Å². The molecule has 0 aliphatic carbocycles. The third kappa shape index (κ3) is 5.37. The molecule has 0 unspecified atom stereocenters. The molecule has 2 aromatic rings. The average Bonchev–Trinajstić information content (AvgIpc) is 2.72. The summed E-state index contributed by atoms with van der Waals surface area (Å²) >= 11 is 0. The third-order valence-corrected chi connectivity index (χ3v) is 5.64. The molecule has 31 heavy (non-hydrogen) atoms. The van der Waals surface area contributed by atoms with Crippen molar-refractivity contribution in [2.24, 2.45) is 0 Å². The molecule has 5 nitrogen and oxygen atoms in total. The van der Waals surface area contributed by atoms with Gasteiger partial charge in [0.25, 0.3) is 0 Å². The molecule has 2 aliphatic rings. The van der Waals surface area contributed by atoms with Crippen molar-refractivity contribution in [3.8, 4) is 5.75 Å². The SMILES string of the molecule is O=C(OCc1ccccc1)c1ccc(OC2CCN(C3COC3)CC2)c(C(F)(F)F)c1. The number of piperidine rings is 1. The molecule has 0 radical (unpaired) electrons. The van der Waals surface area contributed by atoms with Gasteiger partial charge in [0.1, 0.15) is 18.5 Å². The highest BCUT2D eigenvalue weighted by atomic mass is 19.4. The lowest BCUT2D eigenvalue weighted by atomic mass is 10.0. The maximum atomic E-state index is 13.7. The summed E-state index contributed by atoms with van der Waals surface area (Å²) in [5, 5.41) is 0. The second kappa shape index (κ2) is 9.28. The lowest BCUT2D eigenvalue weighted by Gasteiger charge is -2.41. The van der Waals surface area contributed by atoms with Crippen molar-refractivity contribution >= 4 is 5.97 Å². The first-order valence-corrected chi connectivity index (χ1v) is 10.3. The number of nitrogens with zero attached hydrogens (tertiary/aromatic N) is 1. The fourth-order valence-corrected chi connectivity index (χ4v) is 3.76. The minimum Gasteiger partial charge on any atom is -0.490 e. The number of likely N-dealkylation sites (tertiary alicyclic amines) is 1. The van der Waals surface area contributed by atoms with Crippen molar-refractivity contribution in [1.29, 1.82) is 0 Å². The molecule has 0 atom stereocenters. The van der Waals surface area contributed by atoms with Crippen LogP contribution in [-0.2, 0) is 22.3 Å². The predicted molar refractivity (Wildman–Crippen MR) is 107 cm³/mol. The lowest BCUT2D eigenvalue weighted by molar-refractivity contribution is -0.139. The van der Waals surface area contributed by atoms with Crippen LogP contribution < -0.4 is 4.74 Å². The number of rotatable bonds is 6. The van der Waals surface area contributed by atoms with Gasteiger partial charge < -0.3 is 14.2 Å². The summed E-state index contributed by atoms with van der Waals surface area (Å²) in [5.41, 5.74) is -0.362. The number of halogens is 3. The van der Waals surface area contributed by atoms with E-state index < -0.39 is 17.7 Å².